The molecule has 0 aromatic rings. The largest absolute Gasteiger partial charge is 0.462 e. The van der Waals surface area contributed by atoms with Gasteiger partial charge < -0.3 is 14.2 Å². The normalized spacial score (nSPS) is 12.4. The summed E-state index contributed by atoms with van der Waals surface area (Å²) in [5.41, 5.74) is 0. The number of hydrogen-bond donors (Lipinski definition) is 0. The van der Waals surface area contributed by atoms with E-state index in [0.29, 0.717) is 19.3 Å². The van der Waals surface area contributed by atoms with Gasteiger partial charge in [0.05, 0.1) is 0 Å². The van der Waals surface area contributed by atoms with Gasteiger partial charge >= 0.3 is 17.9 Å². The van der Waals surface area contributed by atoms with Crippen LogP contribution in [0.2, 0.25) is 0 Å². The second-order valence-corrected chi connectivity index (χ2v) is 18.1. The maximum atomic E-state index is 12.8. The number of unbranched alkanes of at least 4 members (excludes halogenated alkanes) is 30. The van der Waals surface area contributed by atoms with Gasteiger partial charge in [-0.25, -0.2) is 0 Å². The molecule has 0 heterocycles. The van der Waals surface area contributed by atoms with E-state index < -0.39 is 6.10 Å². The lowest BCUT2D eigenvalue weighted by Crippen LogP contribution is -2.30. The Balaban J connectivity index is 4.43. The number of ether oxygens (including phenoxy) is 3. The van der Waals surface area contributed by atoms with Crippen LogP contribution in [-0.4, -0.2) is 37.2 Å². The van der Waals surface area contributed by atoms with Gasteiger partial charge in [0, 0.05) is 19.3 Å². The van der Waals surface area contributed by atoms with E-state index in [1.165, 1.54) is 154 Å². The minimum absolute atomic E-state index is 0.0859. The minimum Gasteiger partial charge on any atom is -0.462 e. The fourth-order valence-electron chi connectivity index (χ4n) is 7.68. The summed E-state index contributed by atoms with van der Waals surface area (Å²) < 4.78 is 16.8. The van der Waals surface area contributed by atoms with Crippen molar-refractivity contribution in [2.75, 3.05) is 13.2 Å². The van der Waals surface area contributed by atoms with Crippen molar-refractivity contribution >= 4 is 17.9 Å². The highest BCUT2D eigenvalue weighted by Gasteiger charge is 2.19. The predicted octanol–water partition coefficient (Wildman–Crippen LogP) is 17.9. The van der Waals surface area contributed by atoms with Crippen LogP contribution in [-0.2, 0) is 28.6 Å². The molecule has 0 rings (SSSR count). The summed E-state index contributed by atoms with van der Waals surface area (Å²) in [6.45, 7) is 6.59. The Hall–Kier alpha value is -2.63. The van der Waals surface area contributed by atoms with Crippen LogP contribution in [0.3, 0.4) is 0 Å². The highest BCUT2D eigenvalue weighted by molar-refractivity contribution is 5.71. The SMILES string of the molecule is CCCCC/C=C\C/C=C\C/C=C\CCCCC(=O)OC[C@@H](COC(=O)CCCCCCCCCCCCCCCCC)OC(=O)CCCCCCC/C=C\CCCCCCCC. The number of esters is 3. The summed E-state index contributed by atoms with van der Waals surface area (Å²) >= 11 is 0. The van der Waals surface area contributed by atoms with E-state index >= 15 is 0 Å². The summed E-state index contributed by atoms with van der Waals surface area (Å²) in [4.78, 5) is 38.0. The van der Waals surface area contributed by atoms with Crippen LogP contribution >= 0.6 is 0 Å². The Labute approximate surface area is 390 Å². The minimum atomic E-state index is -0.790. The van der Waals surface area contributed by atoms with Crippen molar-refractivity contribution in [3.05, 3.63) is 48.6 Å². The molecule has 0 saturated heterocycles. The van der Waals surface area contributed by atoms with Gasteiger partial charge in [0.25, 0.3) is 0 Å². The van der Waals surface area contributed by atoms with Crippen molar-refractivity contribution in [2.24, 2.45) is 0 Å². The Kier molecular flexibility index (Phi) is 49.8. The molecule has 0 radical (unpaired) electrons. The zero-order valence-corrected chi connectivity index (χ0v) is 41.8. The van der Waals surface area contributed by atoms with E-state index in [-0.39, 0.29) is 31.1 Å². The Morgan fingerprint density at radius 3 is 0.968 bits per heavy atom. The lowest BCUT2D eigenvalue weighted by molar-refractivity contribution is -0.167. The molecule has 0 N–H and O–H groups in total. The topological polar surface area (TPSA) is 78.9 Å². The molecule has 0 aliphatic heterocycles. The van der Waals surface area contributed by atoms with Crippen molar-refractivity contribution in [3.63, 3.8) is 0 Å². The van der Waals surface area contributed by atoms with Crippen molar-refractivity contribution < 1.29 is 28.6 Å². The number of rotatable bonds is 49. The molecule has 63 heavy (non-hydrogen) atoms. The van der Waals surface area contributed by atoms with E-state index in [2.05, 4.69) is 69.4 Å². The molecule has 0 amide bonds. The number of hydrogen-bond acceptors (Lipinski definition) is 6. The van der Waals surface area contributed by atoms with Crippen LogP contribution in [0, 0.1) is 0 Å². The molecule has 0 aromatic carbocycles. The van der Waals surface area contributed by atoms with Gasteiger partial charge in [0.1, 0.15) is 13.2 Å². The van der Waals surface area contributed by atoms with Gasteiger partial charge in [-0.15, -0.1) is 0 Å². The first kappa shape index (κ1) is 60.4. The predicted molar refractivity (Wildman–Crippen MR) is 270 cm³/mol. The molecule has 0 unspecified atom stereocenters. The Morgan fingerprint density at radius 2 is 0.571 bits per heavy atom. The van der Waals surface area contributed by atoms with Gasteiger partial charge in [-0.05, 0) is 83.5 Å². The summed E-state index contributed by atoms with van der Waals surface area (Å²) in [5, 5.41) is 0. The first-order chi connectivity index (χ1) is 31.0. The van der Waals surface area contributed by atoms with Gasteiger partial charge in [0.2, 0.25) is 0 Å². The molecule has 1 atom stereocenters. The van der Waals surface area contributed by atoms with Crippen LogP contribution in [0.4, 0.5) is 0 Å². The van der Waals surface area contributed by atoms with Crippen LogP contribution in [0.25, 0.3) is 0 Å². The standard InChI is InChI=1S/C57H102O6/c1-4-7-10-13-16-19-22-25-28-31-34-37-40-43-46-49-55(58)61-52-54(63-57(60)51-48-45-42-39-36-33-30-27-24-21-18-15-12-9-6-3)53-62-56(59)50-47-44-41-38-35-32-29-26-23-20-17-14-11-8-5-2/h16,19,25,27-28,30,34,37,54H,4-15,17-18,20-24,26,29,31-33,35-36,38-53H2,1-3H3/b19-16-,28-25-,30-27-,37-34-/t54-/m0/s1. The molecule has 0 aliphatic carbocycles. The first-order valence-electron chi connectivity index (χ1n) is 27.1. The van der Waals surface area contributed by atoms with Crippen molar-refractivity contribution in [2.45, 2.75) is 284 Å². The van der Waals surface area contributed by atoms with Gasteiger partial charge in [-0.1, -0.05) is 223 Å². The third-order valence-corrected chi connectivity index (χ3v) is 11.8. The Morgan fingerprint density at radius 1 is 0.317 bits per heavy atom. The second-order valence-electron chi connectivity index (χ2n) is 18.1. The lowest BCUT2D eigenvalue weighted by atomic mass is 10.0. The average Bonchev–Trinajstić information content (AvgIpc) is 3.28. The molecule has 0 fully saturated rings. The highest BCUT2D eigenvalue weighted by atomic mass is 16.6. The molecule has 0 bridgehead atoms. The molecule has 6 heteroatoms. The maximum Gasteiger partial charge on any atom is 0.306 e. The molecular formula is C57H102O6. The maximum absolute atomic E-state index is 12.8. The number of carbonyl (C=O) groups is 3. The zero-order chi connectivity index (χ0) is 45.8. The third-order valence-electron chi connectivity index (χ3n) is 11.8. The smallest absolute Gasteiger partial charge is 0.306 e. The molecule has 0 saturated carbocycles. The molecule has 6 nitrogen and oxygen atoms in total. The summed E-state index contributed by atoms with van der Waals surface area (Å²) in [6, 6.07) is 0. The van der Waals surface area contributed by atoms with E-state index in [0.717, 1.165) is 83.5 Å². The van der Waals surface area contributed by atoms with Gasteiger partial charge in [-0.3, -0.25) is 14.4 Å². The number of allylic oxidation sites excluding steroid dienone is 8. The average molecular weight is 883 g/mol. The van der Waals surface area contributed by atoms with Gasteiger partial charge in [0.15, 0.2) is 6.10 Å². The van der Waals surface area contributed by atoms with E-state index in [9.17, 15) is 14.4 Å². The van der Waals surface area contributed by atoms with Crippen LogP contribution in [0.1, 0.15) is 278 Å². The fraction of sp³-hybridized carbons (Fsp3) is 0.807. The summed E-state index contributed by atoms with van der Waals surface area (Å²) in [5.74, 6) is -0.924. The number of carbonyl (C=O) groups excluding carboxylic acids is 3. The van der Waals surface area contributed by atoms with E-state index in [4.69, 9.17) is 14.2 Å². The highest BCUT2D eigenvalue weighted by Crippen LogP contribution is 2.15. The molecule has 0 aliphatic rings. The van der Waals surface area contributed by atoms with E-state index in [1.807, 2.05) is 0 Å². The van der Waals surface area contributed by atoms with Crippen molar-refractivity contribution in [1.82, 2.24) is 0 Å². The van der Waals surface area contributed by atoms with E-state index in [1.54, 1.807) is 0 Å². The Bertz CT molecular complexity index is 1110. The summed E-state index contributed by atoms with van der Waals surface area (Å²) in [6.07, 6.45) is 62.4. The quantitative estimate of drug-likeness (QED) is 0.0262. The van der Waals surface area contributed by atoms with Crippen molar-refractivity contribution in [3.8, 4) is 0 Å². The molecule has 366 valence electrons. The fourth-order valence-corrected chi connectivity index (χ4v) is 7.68. The molecule has 0 spiro atoms. The third kappa shape index (κ3) is 50.2. The van der Waals surface area contributed by atoms with Crippen LogP contribution < -0.4 is 0 Å². The zero-order valence-electron chi connectivity index (χ0n) is 41.8. The lowest BCUT2D eigenvalue weighted by Gasteiger charge is -2.18. The molecular weight excluding hydrogens is 781 g/mol. The monoisotopic (exact) mass is 883 g/mol. The van der Waals surface area contributed by atoms with Crippen LogP contribution in [0.15, 0.2) is 48.6 Å². The molecule has 0 aromatic heterocycles. The summed E-state index contributed by atoms with van der Waals surface area (Å²) in [7, 11) is 0. The van der Waals surface area contributed by atoms with Crippen LogP contribution in [0.5, 0.6) is 0 Å². The first-order valence-corrected chi connectivity index (χ1v) is 27.1. The second kappa shape index (κ2) is 52.0. The van der Waals surface area contributed by atoms with Gasteiger partial charge in [-0.2, -0.15) is 0 Å². The van der Waals surface area contributed by atoms with Crippen molar-refractivity contribution in [1.29, 1.82) is 0 Å².